The van der Waals surface area contributed by atoms with Crippen molar-refractivity contribution in [3.8, 4) is 11.5 Å². The first-order valence-electron chi connectivity index (χ1n) is 12.1. The Bertz CT molecular complexity index is 1450. The molecule has 0 saturated carbocycles. The van der Waals surface area contributed by atoms with Crippen LogP contribution in [0.1, 0.15) is 39.7 Å². The molecule has 38 heavy (non-hydrogen) atoms. The lowest BCUT2D eigenvalue weighted by Gasteiger charge is -2.26. The van der Waals surface area contributed by atoms with Gasteiger partial charge in [0.2, 0.25) is 5.91 Å². The van der Waals surface area contributed by atoms with Gasteiger partial charge in [0.05, 0.1) is 37.0 Å². The summed E-state index contributed by atoms with van der Waals surface area (Å²) in [7, 11) is -1.32. The van der Waals surface area contributed by atoms with E-state index in [-0.39, 0.29) is 22.9 Å². The Labute approximate surface area is 226 Å². The van der Waals surface area contributed by atoms with Crippen molar-refractivity contribution in [3.63, 3.8) is 0 Å². The van der Waals surface area contributed by atoms with Crippen molar-refractivity contribution in [3.05, 3.63) is 64.0 Å². The molecule has 0 aliphatic heterocycles. The molecule has 9 nitrogen and oxygen atoms in total. The van der Waals surface area contributed by atoms with Crippen molar-refractivity contribution in [1.82, 2.24) is 0 Å². The van der Waals surface area contributed by atoms with E-state index < -0.39 is 28.4 Å². The van der Waals surface area contributed by atoms with Crippen LogP contribution < -0.4 is 19.1 Å². The fourth-order valence-corrected chi connectivity index (χ4v) is 7.05. The van der Waals surface area contributed by atoms with Crippen LogP contribution in [0.25, 0.3) is 0 Å². The minimum absolute atomic E-state index is 0.0167. The first-order valence-corrected chi connectivity index (χ1v) is 14.4. The van der Waals surface area contributed by atoms with Gasteiger partial charge in [-0.2, -0.15) is 0 Å². The SMILES string of the molecule is CCOC(=O)c1c(NC(=O)CN(c2cc(OC)ccc2OC)S(=O)(=O)c2ccc(C)cc2)sc2c1CCC2. The zero-order valence-electron chi connectivity index (χ0n) is 21.7. The quantitative estimate of drug-likeness (QED) is 0.363. The van der Waals surface area contributed by atoms with Crippen LogP contribution in [0, 0.1) is 6.92 Å². The van der Waals surface area contributed by atoms with Gasteiger partial charge in [-0.05, 0) is 62.9 Å². The number of fused-ring (bicyclic) bond motifs is 1. The molecule has 1 amide bonds. The second kappa shape index (κ2) is 11.4. The van der Waals surface area contributed by atoms with Crippen LogP contribution in [0.5, 0.6) is 11.5 Å². The van der Waals surface area contributed by atoms with Crippen molar-refractivity contribution < 1.29 is 32.2 Å². The number of amides is 1. The lowest BCUT2D eigenvalue weighted by atomic mass is 10.1. The lowest BCUT2D eigenvalue weighted by molar-refractivity contribution is -0.114. The number of benzene rings is 2. The summed E-state index contributed by atoms with van der Waals surface area (Å²) in [6.07, 6.45) is 2.47. The number of carbonyl (C=O) groups is 2. The second-order valence-electron chi connectivity index (χ2n) is 8.69. The van der Waals surface area contributed by atoms with E-state index >= 15 is 0 Å². The maximum atomic E-state index is 13.9. The van der Waals surface area contributed by atoms with E-state index in [0.717, 1.165) is 39.6 Å². The summed E-state index contributed by atoms with van der Waals surface area (Å²) in [5, 5.41) is 3.14. The van der Waals surface area contributed by atoms with Crippen LogP contribution >= 0.6 is 11.3 Å². The van der Waals surface area contributed by atoms with E-state index in [1.807, 2.05) is 6.92 Å². The second-order valence-corrected chi connectivity index (χ2v) is 11.7. The third-order valence-corrected chi connectivity index (χ3v) is 9.19. The highest BCUT2D eigenvalue weighted by molar-refractivity contribution is 7.92. The average Bonchev–Trinajstić information content (AvgIpc) is 3.48. The molecule has 0 atom stereocenters. The maximum Gasteiger partial charge on any atom is 0.341 e. The number of hydrogen-bond donors (Lipinski definition) is 1. The molecule has 1 aromatic heterocycles. The predicted octanol–water partition coefficient (Wildman–Crippen LogP) is 4.57. The molecule has 3 aromatic rings. The average molecular weight is 559 g/mol. The van der Waals surface area contributed by atoms with Gasteiger partial charge < -0.3 is 19.5 Å². The Hall–Kier alpha value is -3.57. The Balaban J connectivity index is 1.73. The smallest absolute Gasteiger partial charge is 0.341 e. The molecular formula is C27H30N2O7S2. The van der Waals surface area contributed by atoms with E-state index in [4.69, 9.17) is 14.2 Å². The normalized spacial score (nSPS) is 12.5. The molecule has 0 unspecified atom stereocenters. The van der Waals surface area contributed by atoms with Gasteiger partial charge in [-0.25, -0.2) is 13.2 Å². The minimum atomic E-state index is -4.20. The summed E-state index contributed by atoms with van der Waals surface area (Å²) < 4.78 is 44.7. The monoisotopic (exact) mass is 558 g/mol. The van der Waals surface area contributed by atoms with Gasteiger partial charge in [-0.15, -0.1) is 11.3 Å². The summed E-state index contributed by atoms with van der Waals surface area (Å²) in [6, 6.07) is 11.1. The topological polar surface area (TPSA) is 111 Å². The summed E-state index contributed by atoms with van der Waals surface area (Å²) in [6.45, 7) is 3.21. The Morgan fingerprint density at radius 3 is 2.45 bits per heavy atom. The molecule has 1 heterocycles. The summed E-state index contributed by atoms with van der Waals surface area (Å²) in [5.41, 5.74) is 2.28. The summed E-state index contributed by atoms with van der Waals surface area (Å²) >= 11 is 1.33. The molecule has 2 aromatic carbocycles. The number of aryl methyl sites for hydroxylation is 2. The molecule has 1 aliphatic carbocycles. The fraction of sp³-hybridized carbons (Fsp3) is 0.333. The van der Waals surface area contributed by atoms with Gasteiger partial charge in [0.25, 0.3) is 10.0 Å². The molecule has 4 rings (SSSR count). The van der Waals surface area contributed by atoms with E-state index in [0.29, 0.717) is 16.3 Å². The fourth-order valence-electron chi connectivity index (χ4n) is 4.34. The van der Waals surface area contributed by atoms with Gasteiger partial charge >= 0.3 is 5.97 Å². The number of thiophene rings is 1. The number of nitrogens with zero attached hydrogens (tertiary/aromatic N) is 1. The molecule has 0 fully saturated rings. The molecule has 1 aliphatic rings. The molecule has 0 radical (unpaired) electrons. The molecule has 202 valence electrons. The largest absolute Gasteiger partial charge is 0.497 e. The van der Waals surface area contributed by atoms with Crippen LogP contribution in [0.2, 0.25) is 0 Å². The van der Waals surface area contributed by atoms with Crippen LogP contribution in [-0.4, -0.2) is 47.7 Å². The third-order valence-electron chi connectivity index (χ3n) is 6.20. The van der Waals surface area contributed by atoms with E-state index in [2.05, 4.69) is 5.32 Å². The van der Waals surface area contributed by atoms with Crippen molar-refractivity contribution in [2.75, 3.05) is 37.0 Å². The number of esters is 1. The molecule has 11 heteroatoms. The highest BCUT2D eigenvalue weighted by Gasteiger charge is 2.32. The number of nitrogens with one attached hydrogen (secondary N) is 1. The Morgan fingerprint density at radius 1 is 1.05 bits per heavy atom. The van der Waals surface area contributed by atoms with Gasteiger partial charge in [0, 0.05) is 10.9 Å². The highest BCUT2D eigenvalue weighted by atomic mass is 32.2. The van der Waals surface area contributed by atoms with Gasteiger partial charge in [-0.3, -0.25) is 9.10 Å². The molecule has 0 saturated heterocycles. The number of ether oxygens (including phenoxy) is 3. The van der Waals surface area contributed by atoms with Crippen molar-refractivity contribution in [2.45, 2.75) is 38.0 Å². The minimum Gasteiger partial charge on any atom is -0.497 e. The van der Waals surface area contributed by atoms with Crippen LogP contribution in [0.4, 0.5) is 10.7 Å². The summed E-state index contributed by atoms with van der Waals surface area (Å²) in [5.74, 6) is -0.474. The van der Waals surface area contributed by atoms with Crippen LogP contribution in [-0.2, 0) is 32.4 Å². The van der Waals surface area contributed by atoms with Crippen molar-refractivity contribution >= 4 is 43.9 Å². The van der Waals surface area contributed by atoms with Gasteiger partial charge in [0.1, 0.15) is 23.0 Å². The van der Waals surface area contributed by atoms with Crippen LogP contribution in [0.3, 0.4) is 0 Å². The standard InChI is InChI=1S/C27H30N2O7S2/c1-5-36-27(31)25-20-7-6-8-23(20)37-26(25)28-24(30)16-29(21-15-18(34-3)11-14-22(21)35-4)38(32,33)19-12-9-17(2)10-13-19/h9-15H,5-8,16H2,1-4H3,(H,28,30). The van der Waals surface area contributed by atoms with E-state index in [9.17, 15) is 18.0 Å². The number of hydrogen-bond acceptors (Lipinski definition) is 8. The number of carbonyl (C=O) groups excluding carboxylic acids is 2. The highest BCUT2D eigenvalue weighted by Crippen LogP contribution is 2.40. The number of rotatable bonds is 10. The van der Waals surface area contributed by atoms with Crippen molar-refractivity contribution in [1.29, 1.82) is 0 Å². The molecular weight excluding hydrogens is 528 g/mol. The molecule has 0 spiro atoms. The maximum absolute atomic E-state index is 13.9. The molecule has 1 N–H and O–H groups in total. The first kappa shape index (κ1) is 27.5. The van der Waals surface area contributed by atoms with Crippen LogP contribution in [0.15, 0.2) is 47.4 Å². The summed E-state index contributed by atoms with van der Waals surface area (Å²) in [4.78, 5) is 27.2. The number of sulfonamides is 1. The third kappa shape index (κ3) is 5.48. The van der Waals surface area contributed by atoms with Gasteiger partial charge in [0.15, 0.2) is 0 Å². The Kier molecular flexibility index (Phi) is 8.27. The number of methoxy groups -OCH3 is 2. The molecule has 0 bridgehead atoms. The van der Waals surface area contributed by atoms with Gasteiger partial charge in [-0.1, -0.05) is 17.7 Å². The first-order chi connectivity index (χ1) is 18.2. The zero-order valence-corrected chi connectivity index (χ0v) is 23.3. The zero-order chi connectivity index (χ0) is 27.4. The Morgan fingerprint density at radius 2 is 1.79 bits per heavy atom. The predicted molar refractivity (Wildman–Crippen MR) is 146 cm³/mol. The van der Waals surface area contributed by atoms with E-state index in [1.54, 1.807) is 31.2 Å². The number of anilines is 2. The van der Waals surface area contributed by atoms with E-state index in [1.165, 1.54) is 43.8 Å². The van der Waals surface area contributed by atoms with Crippen molar-refractivity contribution in [2.24, 2.45) is 0 Å². The lowest BCUT2D eigenvalue weighted by Crippen LogP contribution is -2.38.